The van der Waals surface area contributed by atoms with E-state index in [-0.39, 0.29) is 0 Å². The number of carbonyl (C=O) groups is 1. The van der Waals surface area contributed by atoms with Crippen molar-refractivity contribution in [1.29, 1.82) is 0 Å². The predicted molar refractivity (Wildman–Crippen MR) is 103 cm³/mol. The van der Waals surface area contributed by atoms with Crippen LogP contribution in [0.2, 0.25) is 0 Å². The fourth-order valence-corrected chi connectivity index (χ4v) is 3.19. The molecular formula is C21H19N3O4. The highest BCUT2D eigenvalue weighted by atomic mass is 16.5. The Balaban J connectivity index is 1.87. The van der Waals surface area contributed by atoms with Gasteiger partial charge in [0.25, 0.3) is 0 Å². The number of furan rings is 1. The summed E-state index contributed by atoms with van der Waals surface area (Å²) in [7, 11) is 2.99. The maximum absolute atomic E-state index is 12.4. The molecule has 0 spiro atoms. The molecule has 0 aliphatic heterocycles. The number of benzene rings is 1. The number of carbonyl (C=O) groups excluding carboxylic acids is 1. The predicted octanol–water partition coefficient (Wildman–Crippen LogP) is 3.84. The lowest BCUT2D eigenvalue weighted by atomic mass is 10.1. The SMILES string of the molecule is COC(=O)c1cc(-c2ccco2)nc2c1c(C)nn2Cc1ccc(OC)cc1. The van der Waals surface area contributed by atoms with E-state index in [1.165, 1.54) is 7.11 Å². The van der Waals surface area contributed by atoms with Crippen LogP contribution in [0.1, 0.15) is 21.6 Å². The molecule has 0 N–H and O–H groups in total. The minimum absolute atomic E-state index is 0.414. The summed E-state index contributed by atoms with van der Waals surface area (Å²) in [5, 5.41) is 5.29. The number of methoxy groups -OCH3 is 2. The molecule has 7 nitrogen and oxygen atoms in total. The second kappa shape index (κ2) is 7.19. The molecule has 142 valence electrons. The number of esters is 1. The number of hydrogen-bond acceptors (Lipinski definition) is 6. The minimum atomic E-state index is -0.438. The van der Waals surface area contributed by atoms with Gasteiger partial charge in [0.1, 0.15) is 11.4 Å². The zero-order chi connectivity index (χ0) is 19.7. The average molecular weight is 377 g/mol. The molecule has 0 saturated carbocycles. The van der Waals surface area contributed by atoms with E-state index in [0.717, 1.165) is 11.3 Å². The maximum atomic E-state index is 12.4. The number of aryl methyl sites for hydroxylation is 1. The molecule has 4 aromatic rings. The molecule has 0 fully saturated rings. The molecule has 3 aromatic heterocycles. The highest BCUT2D eigenvalue weighted by Crippen LogP contribution is 2.28. The zero-order valence-corrected chi connectivity index (χ0v) is 15.8. The van der Waals surface area contributed by atoms with Gasteiger partial charge in [-0.15, -0.1) is 0 Å². The summed E-state index contributed by atoms with van der Waals surface area (Å²) < 4.78 is 17.4. The Labute approximate surface area is 161 Å². The van der Waals surface area contributed by atoms with Crippen molar-refractivity contribution in [2.75, 3.05) is 14.2 Å². The van der Waals surface area contributed by atoms with Gasteiger partial charge in [-0.3, -0.25) is 0 Å². The average Bonchev–Trinajstić information content (AvgIpc) is 3.36. The Bertz CT molecular complexity index is 1130. The monoisotopic (exact) mass is 377 g/mol. The van der Waals surface area contributed by atoms with Gasteiger partial charge in [0.15, 0.2) is 11.4 Å². The van der Waals surface area contributed by atoms with Crippen molar-refractivity contribution < 1.29 is 18.7 Å². The first kappa shape index (κ1) is 17.8. The molecule has 0 aliphatic carbocycles. The summed E-state index contributed by atoms with van der Waals surface area (Å²) in [4.78, 5) is 17.1. The largest absolute Gasteiger partial charge is 0.497 e. The Morgan fingerprint density at radius 2 is 1.96 bits per heavy atom. The second-order valence-corrected chi connectivity index (χ2v) is 6.31. The van der Waals surface area contributed by atoms with Crippen LogP contribution < -0.4 is 4.74 Å². The van der Waals surface area contributed by atoms with Gasteiger partial charge in [-0.2, -0.15) is 5.10 Å². The number of rotatable bonds is 5. The molecule has 28 heavy (non-hydrogen) atoms. The van der Waals surface area contributed by atoms with Gasteiger partial charge in [0, 0.05) is 0 Å². The molecule has 7 heteroatoms. The molecule has 3 heterocycles. The van der Waals surface area contributed by atoms with Crippen molar-refractivity contribution in [1.82, 2.24) is 14.8 Å². The Kier molecular flexibility index (Phi) is 4.57. The van der Waals surface area contributed by atoms with Crippen molar-refractivity contribution in [3.05, 3.63) is 65.5 Å². The van der Waals surface area contributed by atoms with Gasteiger partial charge < -0.3 is 13.9 Å². The van der Waals surface area contributed by atoms with Gasteiger partial charge in [-0.25, -0.2) is 14.5 Å². The number of fused-ring (bicyclic) bond motifs is 1. The first-order chi connectivity index (χ1) is 13.6. The first-order valence-electron chi connectivity index (χ1n) is 8.74. The third kappa shape index (κ3) is 3.11. The fraction of sp³-hybridized carbons (Fsp3) is 0.190. The van der Waals surface area contributed by atoms with Gasteiger partial charge >= 0.3 is 5.97 Å². The molecule has 1 aromatic carbocycles. The minimum Gasteiger partial charge on any atom is -0.497 e. The summed E-state index contributed by atoms with van der Waals surface area (Å²) in [6.45, 7) is 2.36. The molecule has 0 radical (unpaired) electrons. The second-order valence-electron chi connectivity index (χ2n) is 6.31. The van der Waals surface area contributed by atoms with Crippen molar-refractivity contribution in [3.8, 4) is 17.2 Å². The van der Waals surface area contributed by atoms with Crippen LogP contribution in [0.5, 0.6) is 5.75 Å². The van der Waals surface area contributed by atoms with E-state index in [1.807, 2.05) is 31.2 Å². The third-order valence-corrected chi connectivity index (χ3v) is 4.55. The van der Waals surface area contributed by atoms with Crippen LogP contribution in [0.25, 0.3) is 22.5 Å². The molecule has 4 rings (SSSR count). The van der Waals surface area contributed by atoms with E-state index in [4.69, 9.17) is 18.9 Å². The van der Waals surface area contributed by atoms with Gasteiger partial charge in [0.2, 0.25) is 0 Å². The zero-order valence-electron chi connectivity index (χ0n) is 15.8. The van der Waals surface area contributed by atoms with Crippen LogP contribution >= 0.6 is 0 Å². The standard InChI is InChI=1S/C21H19N3O4/c1-13-19-16(21(25)27-3)11-17(18-5-4-10-28-18)22-20(19)24(23-13)12-14-6-8-15(26-2)9-7-14/h4-11H,12H2,1-3H3. The molecule has 0 amide bonds. The van der Waals surface area contributed by atoms with E-state index in [9.17, 15) is 4.79 Å². The van der Waals surface area contributed by atoms with Crippen LogP contribution in [-0.2, 0) is 11.3 Å². The number of pyridine rings is 1. The van der Waals surface area contributed by atoms with Gasteiger partial charge in [0.05, 0.1) is 43.7 Å². The van der Waals surface area contributed by atoms with Crippen molar-refractivity contribution in [3.63, 3.8) is 0 Å². The third-order valence-electron chi connectivity index (χ3n) is 4.55. The smallest absolute Gasteiger partial charge is 0.338 e. The first-order valence-corrected chi connectivity index (χ1v) is 8.74. The van der Waals surface area contributed by atoms with E-state index >= 15 is 0 Å². The van der Waals surface area contributed by atoms with E-state index in [2.05, 4.69) is 5.10 Å². The molecule has 0 saturated heterocycles. The van der Waals surface area contributed by atoms with E-state index in [1.54, 1.807) is 36.3 Å². The Morgan fingerprint density at radius 3 is 2.61 bits per heavy atom. The lowest BCUT2D eigenvalue weighted by Gasteiger charge is -2.07. The van der Waals surface area contributed by atoms with E-state index < -0.39 is 5.97 Å². The van der Waals surface area contributed by atoms with Crippen molar-refractivity contribution in [2.24, 2.45) is 0 Å². The van der Waals surface area contributed by atoms with Gasteiger partial charge in [-0.05, 0) is 42.8 Å². The van der Waals surface area contributed by atoms with Crippen LogP contribution in [0, 0.1) is 6.92 Å². The summed E-state index contributed by atoms with van der Waals surface area (Å²) in [6, 6.07) is 13.0. The Morgan fingerprint density at radius 1 is 1.18 bits per heavy atom. The van der Waals surface area contributed by atoms with Crippen molar-refractivity contribution in [2.45, 2.75) is 13.5 Å². The van der Waals surface area contributed by atoms with E-state index in [0.29, 0.717) is 40.3 Å². The fourth-order valence-electron chi connectivity index (χ4n) is 3.19. The topological polar surface area (TPSA) is 79.4 Å². The maximum Gasteiger partial charge on any atom is 0.338 e. The number of ether oxygens (including phenoxy) is 2. The van der Waals surface area contributed by atoms with Crippen LogP contribution in [0.4, 0.5) is 0 Å². The summed E-state index contributed by atoms with van der Waals surface area (Å²) in [6.07, 6.45) is 1.57. The quantitative estimate of drug-likeness (QED) is 0.492. The molecular weight excluding hydrogens is 358 g/mol. The summed E-state index contributed by atoms with van der Waals surface area (Å²) in [5.74, 6) is 0.922. The normalized spacial score (nSPS) is 11.0. The Hall–Kier alpha value is -3.61. The van der Waals surface area contributed by atoms with Gasteiger partial charge in [-0.1, -0.05) is 12.1 Å². The molecule has 0 unspecified atom stereocenters. The highest BCUT2D eigenvalue weighted by molar-refractivity contribution is 6.04. The van der Waals surface area contributed by atoms with Crippen LogP contribution in [0.3, 0.4) is 0 Å². The van der Waals surface area contributed by atoms with Crippen LogP contribution in [0.15, 0.2) is 53.1 Å². The van der Waals surface area contributed by atoms with Crippen molar-refractivity contribution >= 4 is 17.0 Å². The molecule has 0 bridgehead atoms. The molecule has 0 atom stereocenters. The number of nitrogens with zero attached hydrogens (tertiary/aromatic N) is 3. The van der Waals surface area contributed by atoms with Crippen LogP contribution in [-0.4, -0.2) is 35.0 Å². The highest BCUT2D eigenvalue weighted by Gasteiger charge is 2.21. The number of hydrogen-bond donors (Lipinski definition) is 0. The molecule has 0 aliphatic rings. The lowest BCUT2D eigenvalue weighted by molar-refractivity contribution is 0.0603. The summed E-state index contributed by atoms with van der Waals surface area (Å²) >= 11 is 0. The number of aromatic nitrogens is 3. The lowest BCUT2D eigenvalue weighted by Crippen LogP contribution is -2.06. The summed E-state index contributed by atoms with van der Waals surface area (Å²) in [5.41, 5.74) is 3.31.